The van der Waals surface area contributed by atoms with Crippen molar-refractivity contribution in [2.45, 2.75) is 0 Å². The van der Waals surface area contributed by atoms with Crippen LogP contribution in [0.1, 0.15) is 11.1 Å². The lowest BCUT2D eigenvalue weighted by molar-refractivity contribution is 1.16. The maximum atomic E-state index is 10.7. The Hall–Kier alpha value is -8.37. The molecule has 0 radical (unpaired) electrons. The molecule has 0 bridgehead atoms. The second kappa shape index (κ2) is 12.3. The molecule has 11 rings (SSSR count). The number of para-hydroxylation sites is 5. The first kappa shape index (κ1) is 32.1. The molecule has 0 saturated heterocycles. The molecule has 6 nitrogen and oxygen atoms in total. The molecular formula is C51H28N6. The van der Waals surface area contributed by atoms with E-state index in [1.54, 1.807) is 0 Å². The molecule has 262 valence electrons. The van der Waals surface area contributed by atoms with Gasteiger partial charge in [-0.1, -0.05) is 84.9 Å². The number of rotatable bonds is 4. The second-order valence-electron chi connectivity index (χ2n) is 14.3. The van der Waals surface area contributed by atoms with E-state index in [1.165, 1.54) is 0 Å². The molecule has 0 N–H and O–H groups in total. The van der Waals surface area contributed by atoms with E-state index < -0.39 is 0 Å². The molecule has 57 heavy (non-hydrogen) atoms. The Morgan fingerprint density at radius 2 is 0.947 bits per heavy atom. The number of nitriles is 2. The highest BCUT2D eigenvalue weighted by atomic mass is 15.0. The highest BCUT2D eigenvalue weighted by Crippen LogP contribution is 2.42. The van der Waals surface area contributed by atoms with E-state index in [4.69, 9.17) is 6.57 Å². The van der Waals surface area contributed by atoms with Crippen LogP contribution in [0, 0.1) is 29.2 Å². The summed E-state index contributed by atoms with van der Waals surface area (Å²) in [5, 5.41) is 27.0. The Labute approximate surface area is 326 Å². The molecule has 6 heteroatoms. The summed E-state index contributed by atoms with van der Waals surface area (Å²) in [7, 11) is 0. The summed E-state index contributed by atoms with van der Waals surface area (Å²) >= 11 is 0. The molecule has 8 aromatic carbocycles. The molecule has 3 heterocycles. The summed E-state index contributed by atoms with van der Waals surface area (Å²) in [6, 6.07) is 62.4. The van der Waals surface area contributed by atoms with Crippen LogP contribution in [0.4, 0.5) is 5.69 Å². The monoisotopic (exact) mass is 724 g/mol. The predicted molar refractivity (Wildman–Crippen MR) is 231 cm³/mol. The van der Waals surface area contributed by atoms with Crippen molar-refractivity contribution in [3.05, 3.63) is 192 Å². The van der Waals surface area contributed by atoms with Gasteiger partial charge in [0.05, 0.1) is 62.6 Å². The van der Waals surface area contributed by atoms with Crippen LogP contribution in [0.5, 0.6) is 0 Å². The average molecular weight is 725 g/mol. The Bertz CT molecular complexity index is 3580. The van der Waals surface area contributed by atoms with Gasteiger partial charge in [0.2, 0.25) is 0 Å². The number of fused-ring (bicyclic) bond motifs is 9. The summed E-state index contributed by atoms with van der Waals surface area (Å²) in [5.41, 5.74) is 12.1. The number of aromatic nitrogens is 3. The molecule has 0 aliphatic heterocycles. The van der Waals surface area contributed by atoms with Gasteiger partial charge in [-0.3, -0.25) is 0 Å². The van der Waals surface area contributed by atoms with Crippen molar-refractivity contribution in [1.29, 1.82) is 10.5 Å². The van der Waals surface area contributed by atoms with Crippen molar-refractivity contribution in [3.8, 4) is 40.3 Å². The van der Waals surface area contributed by atoms with Gasteiger partial charge in [0.1, 0.15) is 6.07 Å². The van der Waals surface area contributed by atoms with Gasteiger partial charge in [-0.15, -0.1) is 0 Å². The van der Waals surface area contributed by atoms with Gasteiger partial charge in [0, 0.05) is 49.3 Å². The third kappa shape index (κ3) is 4.68. The Balaban J connectivity index is 1.17. The van der Waals surface area contributed by atoms with Crippen molar-refractivity contribution in [2.75, 3.05) is 0 Å². The number of hydrogen-bond donors (Lipinski definition) is 0. The summed E-state index contributed by atoms with van der Waals surface area (Å²) < 4.78 is 6.70. The zero-order valence-corrected chi connectivity index (χ0v) is 30.3. The van der Waals surface area contributed by atoms with Crippen LogP contribution in [-0.2, 0) is 0 Å². The second-order valence-corrected chi connectivity index (χ2v) is 14.3. The lowest BCUT2D eigenvalue weighted by Gasteiger charge is -2.18. The summed E-state index contributed by atoms with van der Waals surface area (Å²) in [6.07, 6.45) is 0. The molecule has 0 aliphatic rings. The zero-order valence-electron chi connectivity index (χ0n) is 30.3. The average Bonchev–Trinajstić information content (AvgIpc) is 3.91. The fourth-order valence-electron chi connectivity index (χ4n) is 8.91. The van der Waals surface area contributed by atoms with Crippen molar-refractivity contribution in [2.24, 2.45) is 0 Å². The lowest BCUT2D eigenvalue weighted by atomic mass is 9.98. The van der Waals surface area contributed by atoms with Gasteiger partial charge < -0.3 is 13.7 Å². The van der Waals surface area contributed by atoms with E-state index in [-0.39, 0.29) is 0 Å². The molecule has 0 aliphatic carbocycles. The Morgan fingerprint density at radius 1 is 0.421 bits per heavy atom. The summed E-state index contributed by atoms with van der Waals surface area (Å²) in [6.45, 7) is 8.18. The molecular weight excluding hydrogens is 697 g/mol. The van der Waals surface area contributed by atoms with E-state index in [1.807, 2.05) is 72.8 Å². The largest absolute Gasteiger partial charge is 0.310 e. The fraction of sp³-hybridized carbons (Fsp3) is 0. The number of nitrogens with zero attached hydrogens (tertiary/aromatic N) is 6. The third-order valence-electron chi connectivity index (χ3n) is 11.3. The highest BCUT2D eigenvalue weighted by molar-refractivity contribution is 6.13. The van der Waals surface area contributed by atoms with Crippen LogP contribution in [-0.4, -0.2) is 13.7 Å². The summed E-state index contributed by atoms with van der Waals surface area (Å²) in [4.78, 5) is 3.96. The lowest BCUT2D eigenvalue weighted by Crippen LogP contribution is -2.02. The van der Waals surface area contributed by atoms with Crippen LogP contribution < -0.4 is 0 Å². The first-order valence-corrected chi connectivity index (χ1v) is 18.7. The van der Waals surface area contributed by atoms with Gasteiger partial charge in [-0.2, -0.15) is 10.5 Å². The van der Waals surface area contributed by atoms with E-state index in [0.29, 0.717) is 16.8 Å². The molecule has 0 fully saturated rings. The van der Waals surface area contributed by atoms with Gasteiger partial charge in [-0.05, 0) is 90.5 Å². The highest BCUT2D eigenvalue weighted by Gasteiger charge is 2.22. The van der Waals surface area contributed by atoms with Crippen molar-refractivity contribution in [1.82, 2.24) is 13.7 Å². The minimum absolute atomic E-state index is 0.512. The van der Waals surface area contributed by atoms with Crippen molar-refractivity contribution in [3.63, 3.8) is 0 Å². The molecule has 0 amide bonds. The normalized spacial score (nSPS) is 11.5. The molecule has 3 aromatic heterocycles. The van der Waals surface area contributed by atoms with E-state index >= 15 is 0 Å². The maximum Gasteiger partial charge on any atom is 0.189 e. The number of hydrogen-bond acceptors (Lipinski definition) is 2. The molecule has 0 unspecified atom stereocenters. The van der Waals surface area contributed by atoms with Gasteiger partial charge in [0.15, 0.2) is 5.69 Å². The van der Waals surface area contributed by atoms with E-state index in [9.17, 15) is 10.5 Å². The van der Waals surface area contributed by atoms with E-state index in [2.05, 4.69) is 128 Å². The SMILES string of the molecule is [C-]#[N+]c1cc(-c2cccc(C#N)c2-n2c3ccccc3c3cc(-n4c5ccccc5c5cc(C#N)ccc54)ccc32)cc(-n2c3ccccc3c3ccccc32)c1. The predicted octanol–water partition coefficient (Wildman–Crippen LogP) is 12.9. The minimum atomic E-state index is 0.512. The van der Waals surface area contributed by atoms with Crippen LogP contribution in [0.3, 0.4) is 0 Å². The van der Waals surface area contributed by atoms with E-state index in [0.717, 1.165) is 93.6 Å². The summed E-state index contributed by atoms with van der Waals surface area (Å²) in [5.74, 6) is 0. The van der Waals surface area contributed by atoms with Crippen LogP contribution in [0.25, 0.3) is 98.5 Å². The van der Waals surface area contributed by atoms with Crippen LogP contribution in [0.2, 0.25) is 0 Å². The van der Waals surface area contributed by atoms with Crippen molar-refractivity contribution < 1.29 is 0 Å². The number of benzene rings is 8. The van der Waals surface area contributed by atoms with Crippen LogP contribution in [0.15, 0.2) is 170 Å². The van der Waals surface area contributed by atoms with Gasteiger partial charge in [-0.25, -0.2) is 4.85 Å². The van der Waals surface area contributed by atoms with Gasteiger partial charge in [0.25, 0.3) is 0 Å². The van der Waals surface area contributed by atoms with Gasteiger partial charge >= 0.3 is 0 Å². The molecule has 11 aromatic rings. The smallest absolute Gasteiger partial charge is 0.189 e. The van der Waals surface area contributed by atoms with Crippen molar-refractivity contribution >= 4 is 71.1 Å². The molecule has 0 spiro atoms. The maximum absolute atomic E-state index is 10.7. The Kier molecular flexibility index (Phi) is 6.95. The third-order valence-corrected chi connectivity index (χ3v) is 11.3. The Morgan fingerprint density at radius 3 is 1.56 bits per heavy atom. The fourth-order valence-corrected chi connectivity index (χ4v) is 8.91. The van der Waals surface area contributed by atoms with Crippen LogP contribution >= 0.6 is 0 Å². The topological polar surface area (TPSA) is 66.7 Å². The first-order chi connectivity index (χ1) is 28.1. The zero-order chi connectivity index (χ0) is 38.2. The standard InChI is InChI=1S/C51H28N6/c1-54-35-26-34(27-37(28-35)56-45-17-6-2-12-39(45)40-13-3-7-18-46(40)56)38-16-10-11-33(31-53)51(38)57-48-20-9-5-15-42(48)44-29-36(22-24-50(44)57)55-47-19-8-4-14-41(47)43-25-32(30-52)21-23-49(43)55/h2-29H. The quantitative estimate of drug-likeness (QED) is 0.170. The first-order valence-electron chi connectivity index (χ1n) is 18.7. The molecule has 0 saturated carbocycles. The molecule has 0 atom stereocenters. The minimum Gasteiger partial charge on any atom is -0.310 e.